The van der Waals surface area contributed by atoms with Crippen LogP contribution in [0, 0.1) is 6.92 Å². The maximum Gasteiger partial charge on any atom is 0.412 e. The molecule has 0 unspecified atom stereocenters. The number of benzene rings is 1. The van der Waals surface area contributed by atoms with Gasteiger partial charge in [-0.15, -0.1) is 0 Å². The van der Waals surface area contributed by atoms with Crippen molar-refractivity contribution < 1.29 is 9.53 Å². The summed E-state index contributed by atoms with van der Waals surface area (Å²) in [5.74, 6) is 0.917. The Balaban J connectivity index is 2.01. The van der Waals surface area contributed by atoms with Crippen molar-refractivity contribution in [2.24, 2.45) is 0 Å². The van der Waals surface area contributed by atoms with Gasteiger partial charge in [-0.25, -0.2) is 4.79 Å². The van der Waals surface area contributed by atoms with E-state index in [4.69, 9.17) is 4.74 Å². The van der Waals surface area contributed by atoms with Gasteiger partial charge in [-0.05, 0) is 41.7 Å². The summed E-state index contributed by atoms with van der Waals surface area (Å²) in [5.41, 5.74) is 3.02. The first kappa shape index (κ1) is 15.0. The summed E-state index contributed by atoms with van der Waals surface area (Å²) in [4.78, 5) is 15.9. The van der Waals surface area contributed by atoms with E-state index in [0.717, 1.165) is 16.7 Å². The van der Waals surface area contributed by atoms with Crippen LogP contribution in [0.4, 0.5) is 4.79 Å². The lowest BCUT2D eigenvalue weighted by Crippen LogP contribution is -2.26. The van der Waals surface area contributed by atoms with E-state index in [1.807, 2.05) is 37.3 Å². The number of rotatable bonds is 4. The molecule has 1 N–H and O–H groups in total. The highest BCUT2D eigenvalue weighted by molar-refractivity contribution is 5.71. The molecule has 0 aliphatic rings. The Labute approximate surface area is 125 Å². The van der Waals surface area contributed by atoms with Crippen LogP contribution in [-0.4, -0.2) is 11.1 Å². The van der Waals surface area contributed by atoms with Crippen LogP contribution >= 0.6 is 0 Å². The Bertz CT molecular complexity index is 609. The van der Waals surface area contributed by atoms with Gasteiger partial charge in [-0.2, -0.15) is 0 Å². The third-order valence-electron chi connectivity index (χ3n) is 3.15. The Morgan fingerprint density at radius 2 is 2.14 bits per heavy atom. The number of aromatic nitrogens is 1. The van der Waals surface area contributed by atoms with Gasteiger partial charge in [0.1, 0.15) is 5.75 Å². The lowest BCUT2D eigenvalue weighted by molar-refractivity contribution is 0.199. The molecule has 2 rings (SSSR count). The average Bonchev–Trinajstić information content (AvgIpc) is 2.46. The number of amides is 1. The molecule has 4 heteroatoms. The number of pyridine rings is 1. The normalized spacial score (nSPS) is 10.5. The predicted octanol–water partition coefficient (Wildman–Crippen LogP) is 3.80. The minimum Gasteiger partial charge on any atom is -0.410 e. The zero-order valence-corrected chi connectivity index (χ0v) is 12.6. The number of hydrogen-bond acceptors (Lipinski definition) is 3. The molecule has 0 spiro atoms. The third-order valence-corrected chi connectivity index (χ3v) is 3.15. The van der Waals surface area contributed by atoms with Crippen molar-refractivity contribution in [1.29, 1.82) is 0 Å². The van der Waals surface area contributed by atoms with Crippen molar-refractivity contribution in [1.82, 2.24) is 10.3 Å². The van der Waals surface area contributed by atoms with Gasteiger partial charge < -0.3 is 10.1 Å². The molecule has 110 valence electrons. The molecule has 0 aliphatic carbocycles. The van der Waals surface area contributed by atoms with E-state index >= 15 is 0 Å². The van der Waals surface area contributed by atoms with Crippen molar-refractivity contribution in [3.05, 3.63) is 59.4 Å². The van der Waals surface area contributed by atoms with E-state index in [0.29, 0.717) is 18.2 Å². The molecule has 0 fully saturated rings. The summed E-state index contributed by atoms with van der Waals surface area (Å²) < 4.78 is 5.44. The molecule has 0 aliphatic heterocycles. The number of aryl methyl sites for hydroxylation is 1. The average molecular weight is 284 g/mol. The lowest BCUT2D eigenvalue weighted by Gasteiger charge is -2.14. The van der Waals surface area contributed by atoms with E-state index in [-0.39, 0.29) is 0 Å². The summed E-state index contributed by atoms with van der Waals surface area (Å²) in [7, 11) is 0. The van der Waals surface area contributed by atoms with E-state index in [9.17, 15) is 4.79 Å². The maximum absolute atomic E-state index is 11.9. The predicted molar refractivity (Wildman–Crippen MR) is 82.4 cm³/mol. The molecular weight excluding hydrogens is 264 g/mol. The van der Waals surface area contributed by atoms with Gasteiger partial charge in [-0.1, -0.05) is 32.0 Å². The van der Waals surface area contributed by atoms with Gasteiger partial charge in [0.2, 0.25) is 0 Å². The quantitative estimate of drug-likeness (QED) is 0.929. The van der Waals surface area contributed by atoms with Gasteiger partial charge >= 0.3 is 6.09 Å². The summed E-state index contributed by atoms with van der Waals surface area (Å²) in [5, 5.41) is 2.73. The standard InChI is InChI=1S/C17H20N2O2/c1-12(2)15-7-6-13(3)9-16(15)21-17(20)19-11-14-5-4-8-18-10-14/h4-10,12H,11H2,1-3H3,(H,19,20). The third kappa shape index (κ3) is 4.31. The number of hydrogen-bond donors (Lipinski definition) is 1. The molecule has 0 atom stereocenters. The van der Waals surface area contributed by atoms with Crippen LogP contribution in [-0.2, 0) is 6.54 Å². The van der Waals surface area contributed by atoms with Crippen molar-refractivity contribution in [2.75, 3.05) is 0 Å². The summed E-state index contributed by atoms with van der Waals surface area (Å²) in [6.45, 7) is 6.52. The van der Waals surface area contributed by atoms with E-state index in [1.165, 1.54) is 0 Å². The number of carbonyl (C=O) groups is 1. The number of carbonyl (C=O) groups excluding carboxylic acids is 1. The van der Waals surface area contributed by atoms with Crippen LogP contribution in [0.25, 0.3) is 0 Å². The molecule has 1 aromatic carbocycles. The molecular formula is C17H20N2O2. The molecule has 2 aromatic rings. The molecule has 1 aromatic heterocycles. The van der Waals surface area contributed by atoms with Gasteiger partial charge in [-0.3, -0.25) is 4.98 Å². The van der Waals surface area contributed by atoms with Crippen LogP contribution in [0.1, 0.15) is 36.5 Å². The van der Waals surface area contributed by atoms with E-state index < -0.39 is 6.09 Å². The molecule has 4 nitrogen and oxygen atoms in total. The Morgan fingerprint density at radius 1 is 1.33 bits per heavy atom. The lowest BCUT2D eigenvalue weighted by atomic mass is 10.0. The second kappa shape index (κ2) is 6.88. The van der Waals surface area contributed by atoms with Crippen LogP contribution in [0.2, 0.25) is 0 Å². The summed E-state index contributed by atoms with van der Waals surface area (Å²) in [6, 6.07) is 9.65. The van der Waals surface area contributed by atoms with Crippen molar-refractivity contribution in [2.45, 2.75) is 33.2 Å². The summed E-state index contributed by atoms with van der Waals surface area (Å²) in [6.07, 6.45) is 2.96. The molecule has 0 saturated carbocycles. The zero-order chi connectivity index (χ0) is 15.2. The fraction of sp³-hybridized carbons (Fsp3) is 0.294. The first-order chi connectivity index (χ1) is 10.1. The molecule has 0 radical (unpaired) electrons. The van der Waals surface area contributed by atoms with Crippen molar-refractivity contribution in [3.8, 4) is 5.75 Å². The summed E-state index contributed by atoms with van der Waals surface area (Å²) >= 11 is 0. The van der Waals surface area contributed by atoms with Crippen LogP contribution in [0.3, 0.4) is 0 Å². The van der Waals surface area contributed by atoms with Gasteiger partial charge in [0, 0.05) is 18.9 Å². The molecule has 1 heterocycles. The minimum absolute atomic E-state index is 0.298. The second-order valence-electron chi connectivity index (χ2n) is 5.30. The Morgan fingerprint density at radius 3 is 2.81 bits per heavy atom. The van der Waals surface area contributed by atoms with E-state index in [2.05, 4.69) is 24.1 Å². The molecule has 0 saturated heterocycles. The first-order valence-electron chi connectivity index (χ1n) is 7.01. The fourth-order valence-corrected chi connectivity index (χ4v) is 2.02. The van der Waals surface area contributed by atoms with Crippen molar-refractivity contribution in [3.63, 3.8) is 0 Å². The van der Waals surface area contributed by atoms with Gasteiger partial charge in [0.25, 0.3) is 0 Å². The largest absolute Gasteiger partial charge is 0.412 e. The Kier molecular flexibility index (Phi) is 4.93. The van der Waals surface area contributed by atoms with Gasteiger partial charge in [0.15, 0.2) is 0 Å². The van der Waals surface area contributed by atoms with Crippen LogP contribution in [0.5, 0.6) is 5.75 Å². The van der Waals surface area contributed by atoms with E-state index in [1.54, 1.807) is 12.4 Å². The number of nitrogens with zero attached hydrogens (tertiary/aromatic N) is 1. The van der Waals surface area contributed by atoms with Crippen LogP contribution in [0.15, 0.2) is 42.7 Å². The minimum atomic E-state index is -0.452. The SMILES string of the molecule is Cc1ccc(C(C)C)c(OC(=O)NCc2cccnc2)c1. The molecule has 0 bridgehead atoms. The van der Waals surface area contributed by atoms with Crippen LogP contribution < -0.4 is 10.1 Å². The second-order valence-corrected chi connectivity index (χ2v) is 5.30. The highest BCUT2D eigenvalue weighted by Crippen LogP contribution is 2.27. The fourth-order valence-electron chi connectivity index (χ4n) is 2.02. The highest BCUT2D eigenvalue weighted by Gasteiger charge is 2.12. The number of ether oxygens (including phenoxy) is 1. The maximum atomic E-state index is 11.9. The molecule has 21 heavy (non-hydrogen) atoms. The topological polar surface area (TPSA) is 51.2 Å². The first-order valence-corrected chi connectivity index (χ1v) is 7.01. The van der Waals surface area contributed by atoms with Gasteiger partial charge in [0.05, 0.1) is 0 Å². The highest BCUT2D eigenvalue weighted by atomic mass is 16.6. The van der Waals surface area contributed by atoms with Crippen molar-refractivity contribution >= 4 is 6.09 Å². The number of nitrogens with one attached hydrogen (secondary N) is 1. The smallest absolute Gasteiger partial charge is 0.410 e. The zero-order valence-electron chi connectivity index (χ0n) is 12.6. The Hall–Kier alpha value is -2.36. The molecule has 1 amide bonds. The monoisotopic (exact) mass is 284 g/mol.